The Morgan fingerprint density at radius 3 is 2.22 bits per heavy atom. The quantitative estimate of drug-likeness (QED) is 0.813. The number of piperidine rings is 1. The lowest BCUT2D eigenvalue weighted by Gasteiger charge is -2.31. The SMILES string of the molecule is CC(C)CC(NS(C)(=O)=O)C(=O)N1CCCCC1. The molecule has 1 aliphatic heterocycles. The minimum atomic E-state index is -3.35. The minimum absolute atomic E-state index is 0.0752. The van der Waals surface area contributed by atoms with Crippen LogP contribution in [0.2, 0.25) is 0 Å². The Labute approximate surface area is 110 Å². The van der Waals surface area contributed by atoms with Crippen LogP contribution in [0.5, 0.6) is 0 Å². The summed E-state index contributed by atoms with van der Waals surface area (Å²) in [5.41, 5.74) is 0. The number of likely N-dealkylation sites (tertiary alicyclic amines) is 1. The Hall–Kier alpha value is -0.620. The summed E-state index contributed by atoms with van der Waals surface area (Å²) in [5.74, 6) is 0.201. The van der Waals surface area contributed by atoms with Crippen LogP contribution < -0.4 is 4.72 Å². The van der Waals surface area contributed by atoms with Gasteiger partial charge in [-0.3, -0.25) is 4.79 Å². The van der Waals surface area contributed by atoms with Crippen molar-refractivity contribution in [3.63, 3.8) is 0 Å². The summed E-state index contributed by atoms with van der Waals surface area (Å²) >= 11 is 0. The second kappa shape index (κ2) is 6.52. The molecule has 0 aliphatic carbocycles. The maximum Gasteiger partial charge on any atom is 0.240 e. The van der Waals surface area contributed by atoms with Gasteiger partial charge in [0.1, 0.15) is 6.04 Å². The second-order valence-corrected chi connectivity index (χ2v) is 7.24. The number of nitrogens with one attached hydrogen (secondary N) is 1. The van der Waals surface area contributed by atoms with Crippen molar-refractivity contribution >= 4 is 15.9 Å². The fourth-order valence-electron chi connectivity index (χ4n) is 2.26. The zero-order valence-electron chi connectivity index (χ0n) is 11.5. The highest BCUT2D eigenvalue weighted by molar-refractivity contribution is 7.88. The van der Waals surface area contributed by atoms with Crippen LogP contribution in [-0.2, 0) is 14.8 Å². The predicted octanol–water partition coefficient (Wildman–Crippen LogP) is 0.963. The fourth-order valence-corrected chi connectivity index (χ4v) is 2.98. The Morgan fingerprint density at radius 2 is 1.78 bits per heavy atom. The molecule has 0 spiro atoms. The predicted molar refractivity (Wildman–Crippen MR) is 71.7 cm³/mol. The van der Waals surface area contributed by atoms with E-state index in [0.29, 0.717) is 6.42 Å². The van der Waals surface area contributed by atoms with Gasteiger partial charge < -0.3 is 4.90 Å². The molecule has 6 heteroatoms. The topological polar surface area (TPSA) is 66.5 Å². The van der Waals surface area contributed by atoms with Crippen molar-refractivity contribution in [3.05, 3.63) is 0 Å². The Balaban J connectivity index is 2.71. The van der Waals surface area contributed by atoms with Gasteiger partial charge in [-0.1, -0.05) is 13.8 Å². The van der Waals surface area contributed by atoms with Gasteiger partial charge in [0.2, 0.25) is 15.9 Å². The molecular formula is C12H24N2O3S. The summed E-state index contributed by atoms with van der Waals surface area (Å²) in [5, 5.41) is 0. The monoisotopic (exact) mass is 276 g/mol. The van der Waals surface area contributed by atoms with Gasteiger partial charge in [0.05, 0.1) is 6.26 Å². The van der Waals surface area contributed by atoms with E-state index < -0.39 is 16.1 Å². The molecular weight excluding hydrogens is 252 g/mol. The number of hydrogen-bond donors (Lipinski definition) is 1. The lowest BCUT2D eigenvalue weighted by atomic mass is 10.0. The summed E-state index contributed by atoms with van der Waals surface area (Å²) in [7, 11) is -3.35. The average Bonchev–Trinajstić information content (AvgIpc) is 2.26. The second-order valence-electron chi connectivity index (χ2n) is 5.46. The average molecular weight is 276 g/mol. The smallest absolute Gasteiger partial charge is 0.240 e. The summed E-state index contributed by atoms with van der Waals surface area (Å²) in [6.45, 7) is 5.47. The molecule has 0 bridgehead atoms. The standard InChI is InChI=1S/C12H24N2O3S/c1-10(2)9-11(13-18(3,16)17)12(15)14-7-5-4-6-8-14/h10-11,13H,4-9H2,1-3H3. The van der Waals surface area contributed by atoms with Crippen LogP contribution in [0.25, 0.3) is 0 Å². The Morgan fingerprint density at radius 1 is 1.22 bits per heavy atom. The summed E-state index contributed by atoms with van der Waals surface area (Å²) in [6, 6.07) is -0.613. The number of nitrogens with zero attached hydrogens (tertiary/aromatic N) is 1. The van der Waals surface area contributed by atoms with Gasteiger partial charge >= 0.3 is 0 Å². The van der Waals surface area contributed by atoms with E-state index in [4.69, 9.17) is 0 Å². The van der Waals surface area contributed by atoms with Crippen LogP contribution in [-0.4, -0.2) is 44.6 Å². The van der Waals surface area contributed by atoms with Gasteiger partial charge in [-0.2, -0.15) is 0 Å². The van der Waals surface area contributed by atoms with Crippen molar-refractivity contribution in [1.29, 1.82) is 0 Å². The van der Waals surface area contributed by atoms with E-state index in [1.165, 1.54) is 0 Å². The highest BCUT2D eigenvalue weighted by Crippen LogP contribution is 2.14. The van der Waals surface area contributed by atoms with Gasteiger partial charge in [-0.05, 0) is 31.6 Å². The molecule has 0 aromatic rings. The first-order valence-corrected chi connectivity index (χ1v) is 8.45. The third-order valence-corrected chi connectivity index (χ3v) is 3.74. The molecule has 1 aliphatic rings. The molecule has 5 nitrogen and oxygen atoms in total. The van der Waals surface area contributed by atoms with Crippen LogP contribution in [0.3, 0.4) is 0 Å². The first-order valence-electron chi connectivity index (χ1n) is 6.55. The zero-order valence-corrected chi connectivity index (χ0v) is 12.3. The summed E-state index contributed by atoms with van der Waals surface area (Å²) in [4.78, 5) is 14.1. The maximum atomic E-state index is 12.3. The van der Waals surface area contributed by atoms with Crippen molar-refractivity contribution in [2.24, 2.45) is 5.92 Å². The van der Waals surface area contributed by atoms with E-state index >= 15 is 0 Å². The number of carbonyl (C=O) groups is 1. The van der Waals surface area contributed by atoms with Crippen molar-refractivity contribution in [2.45, 2.75) is 45.6 Å². The molecule has 0 aromatic heterocycles. The lowest BCUT2D eigenvalue weighted by molar-refractivity contribution is -0.134. The van der Waals surface area contributed by atoms with Crippen LogP contribution in [0, 0.1) is 5.92 Å². The van der Waals surface area contributed by atoms with E-state index in [-0.39, 0.29) is 11.8 Å². The van der Waals surface area contributed by atoms with Crippen molar-refractivity contribution in [1.82, 2.24) is 9.62 Å². The lowest BCUT2D eigenvalue weighted by Crippen LogP contribution is -2.50. The molecule has 1 saturated heterocycles. The van der Waals surface area contributed by atoms with Gasteiger partial charge in [-0.25, -0.2) is 13.1 Å². The Kier molecular flexibility index (Phi) is 5.59. The number of sulfonamides is 1. The molecule has 1 N–H and O–H groups in total. The van der Waals surface area contributed by atoms with E-state index in [1.54, 1.807) is 4.90 Å². The number of hydrogen-bond acceptors (Lipinski definition) is 3. The van der Waals surface area contributed by atoms with E-state index in [1.807, 2.05) is 13.8 Å². The van der Waals surface area contributed by atoms with Crippen LogP contribution in [0.1, 0.15) is 39.5 Å². The number of carbonyl (C=O) groups excluding carboxylic acids is 1. The van der Waals surface area contributed by atoms with Crippen LogP contribution >= 0.6 is 0 Å². The van der Waals surface area contributed by atoms with Crippen LogP contribution in [0.15, 0.2) is 0 Å². The van der Waals surface area contributed by atoms with Gasteiger partial charge in [0.25, 0.3) is 0 Å². The molecule has 1 amide bonds. The van der Waals surface area contributed by atoms with E-state index in [9.17, 15) is 13.2 Å². The molecule has 0 saturated carbocycles. The molecule has 1 heterocycles. The van der Waals surface area contributed by atoms with Gasteiger partial charge in [-0.15, -0.1) is 0 Å². The minimum Gasteiger partial charge on any atom is -0.341 e. The normalized spacial score (nSPS) is 19.0. The number of amides is 1. The number of rotatable bonds is 5. The summed E-state index contributed by atoms with van der Waals surface area (Å²) in [6.07, 6.45) is 4.82. The molecule has 0 radical (unpaired) electrons. The third-order valence-electron chi connectivity index (χ3n) is 3.03. The molecule has 1 fully saturated rings. The zero-order chi connectivity index (χ0) is 13.8. The van der Waals surface area contributed by atoms with E-state index in [0.717, 1.165) is 38.6 Å². The molecule has 1 unspecified atom stereocenters. The molecule has 0 aromatic carbocycles. The largest absolute Gasteiger partial charge is 0.341 e. The Bertz CT molecular complexity index is 373. The molecule has 106 valence electrons. The van der Waals surface area contributed by atoms with E-state index in [2.05, 4.69) is 4.72 Å². The molecule has 1 atom stereocenters. The van der Waals surface area contributed by atoms with Crippen LogP contribution in [0.4, 0.5) is 0 Å². The van der Waals surface area contributed by atoms with Gasteiger partial charge in [0.15, 0.2) is 0 Å². The fraction of sp³-hybridized carbons (Fsp3) is 0.917. The first kappa shape index (κ1) is 15.4. The van der Waals surface area contributed by atoms with Crippen molar-refractivity contribution in [2.75, 3.05) is 19.3 Å². The van der Waals surface area contributed by atoms with Crippen molar-refractivity contribution in [3.8, 4) is 0 Å². The molecule has 1 rings (SSSR count). The summed E-state index contributed by atoms with van der Waals surface area (Å²) < 4.78 is 25.1. The maximum absolute atomic E-state index is 12.3. The first-order chi connectivity index (χ1) is 8.29. The highest BCUT2D eigenvalue weighted by Gasteiger charge is 2.28. The third kappa shape index (κ3) is 5.35. The van der Waals surface area contributed by atoms with Gasteiger partial charge in [0, 0.05) is 13.1 Å². The van der Waals surface area contributed by atoms with Crippen molar-refractivity contribution < 1.29 is 13.2 Å². The highest BCUT2D eigenvalue weighted by atomic mass is 32.2. The molecule has 18 heavy (non-hydrogen) atoms.